The molecule has 0 aromatic carbocycles. The number of pyridine rings is 1. The van der Waals surface area contributed by atoms with Crippen LogP contribution in [0.5, 0.6) is 0 Å². The van der Waals surface area contributed by atoms with E-state index in [0.29, 0.717) is 17.9 Å². The van der Waals surface area contributed by atoms with Gasteiger partial charge in [0.1, 0.15) is 12.7 Å². The molecule has 0 aliphatic heterocycles. The van der Waals surface area contributed by atoms with Gasteiger partial charge in [-0.25, -0.2) is 23.1 Å². The number of rotatable bonds is 5. The van der Waals surface area contributed by atoms with Gasteiger partial charge in [-0.1, -0.05) is 6.92 Å². The average molecular weight is 267 g/mol. The van der Waals surface area contributed by atoms with Gasteiger partial charge in [0.05, 0.1) is 11.4 Å². The van der Waals surface area contributed by atoms with Crippen molar-refractivity contribution >= 4 is 15.7 Å². The van der Waals surface area contributed by atoms with Crippen LogP contribution in [0.1, 0.15) is 13.3 Å². The van der Waals surface area contributed by atoms with Crippen LogP contribution in [0.3, 0.4) is 0 Å². The molecule has 2 aromatic heterocycles. The molecule has 18 heavy (non-hydrogen) atoms. The standard InChI is InChI=1S/C10H13N5O2S/c1-2-6-18(16,17)14-9-4-3-5-12-10(9)15-8-11-7-13-15/h3-5,7-8,14H,2,6H2,1H3. The molecule has 0 atom stereocenters. The van der Waals surface area contributed by atoms with Crippen molar-refractivity contribution in [1.82, 2.24) is 19.7 Å². The predicted octanol–water partition coefficient (Wildman–Crippen LogP) is 0.814. The lowest BCUT2D eigenvalue weighted by Gasteiger charge is -2.10. The van der Waals surface area contributed by atoms with Gasteiger partial charge >= 0.3 is 0 Å². The lowest BCUT2D eigenvalue weighted by Crippen LogP contribution is -2.18. The van der Waals surface area contributed by atoms with Crippen molar-refractivity contribution in [3.05, 3.63) is 31.0 Å². The highest BCUT2D eigenvalue weighted by atomic mass is 32.2. The quantitative estimate of drug-likeness (QED) is 0.866. The summed E-state index contributed by atoms with van der Waals surface area (Å²) in [5.41, 5.74) is 0.386. The van der Waals surface area contributed by atoms with Crippen LogP contribution in [-0.4, -0.2) is 33.9 Å². The predicted molar refractivity (Wildman–Crippen MR) is 66.9 cm³/mol. The van der Waals surface area contributed by atoms with Crippen molar-refractivity contribution < 1.29 is 8.42 Å². The highest BCUT2D eigenvalue weighted by molar-refractivity contribution is 7.92. The van der Waals surface area contributed by atoms with Gasteiger partial charge < -0.3 is 0 Å². The van der Waals surface area contributed by atoms with Crippen LogP contribution in [0.15, 0.2) is 31.0 Å². The molecule has 0 spiro atoms. The zero-order valence-corrected chi connectivity index (χ0v) is 10.6. The molecule has 1 N–H and O–H groups in total. The monoisotopic (exact) mass is 267 g/mol. The maximum Gasteiger partial charge on any atom is 0.232 e. The Morgan fingerprint density at radius 1 is 1.44 bits per heavy atom. The fraction of sp³-hybridized carbons (Fsp3) is 0.300. The highest BCUT2D eigenvalue weighted by Crippen LogP contribution is 2.17. The summed E-state index contributed by atoms with van der Waals surface area (Å²) in [6, 6.07) is 3.29. The first-order valence-corrected chi connectivity index (χ1v) is 7.08. The zero-order valence-electron chi connectivity index (χ0n) is 9.81. The van der Waals surface area contributed by atoms with E-state index in [-0.39, 0.29) is 5.75 Å². The van der Waals surface area contributed by atoms with Crippen molar-refractivity contribution in [1.29, 1.82) is 0 Å². The van der Waals surface area contributed by atoms with Crippen molar-refractivity contribution in [3.63, 3.8) is 0 Å². The van der Waals surface area contributed by atoms with E-state index < -0.39 is 10.0 Å². The van der Waals surface area contributed by atoms with Crippen LogP contribution in [0, 0.1) is 0 Å². The lowest BCUT2D eigenvalue weighted by atomic mass is 10.4. The number of hydrogen-bond donors (Lipinski definition) is 1. The largest absolute Gasteiger partial charge is 0.280 e. The van der Waals surface area contributed by atoms with Crippen LogP contribution >= 0.6 is 0 Å². The summed E-state index contributed by atoms with van der Waals surface area (Å²) >= 11 is 0. The number of hydrogen-bond acceptors (Lipinski definition) is 5. The topological polar surface area (TPSA) is 89.8 Å². The van der Waals surface area contributed by atoms with Gasteiger partial charge in [-0.2, -0.15) is 5.10 Å². The molecule has 2 rings (SSSR count). The van der Waals surface area contributed by atoms with E-state index in [9.17, 15) is 8.42 Å². The van der Waals surface area contributed by atoms with Crippen molar-refractivity contribution in [2.75, 3.05) is 10.5 Å². The van der Waals surface area contributed by atoms with Crippen LogP contribution in [-0.2, 0) is 10.0 Å². The molecule has 8 heteroatoms. The number of nitrogens with one attached hydrogen (secondary N) is 1. The van der Waals surface area contributed by atoms with Crippen molar-refractivity contribution in [2.45, 2.75) is 13.3 Å². The number of aromatic nitrogens is 4. The average Bonchev–Trinajstić information content (AvgIpc) is 2.82. The molecule has 0 aliphatic rings. The number of sulfonamides is 1. The molecule has 0 unspecified atom stereocenters. The third kappa shape index (κ3) is 2.83. The van der Waals surface area contributed by atoms with Gasteiger partial charge in [-0.3, -0.25) is 4.72 Å². The molecular weight excluding hydrogens is 254 g/mol. The molecule has 2 heterocycles. The van der Waals surface area contributed by atoms with Gasteiger partial charge in [-0.15, -0.1) is 0 Å². The van der Waals surface area contributed by atoms with E-state index in [1.165, 1.54) is 17.3 Å². The summed E-state index contributed by atoms with van der Waals surface area (Å²) in [6.45, 7) is 1.81. The molecule has 0 saturated heterocycles. The van der Waals surface area contributed by atoms with Gasteiger partial charge in [-0.05, 0) is 18.6 Å². The van der Waals surface area contributed by atoms with E-state index in [2.05, 4.69) is 19.8 Å². The molecule has 96 valence electrons. The van der Waals surface area contributed by atoms with E-state index in [1.54, 1.807) is 25.3 Å². The Bertz CT molecular complexity index is 609. The van der Waals surface area contributed by atoms with Gasteiger partial charge in [0.15, 0.2) is 5.82 Å². The third-order valence-corrected chi connectivity index (χ3v) is 3.64. The summed E-state index contributed by atoms with van der Waals surface area (Å²) in [7, 11) is -3.35. The molecule has 2 aromatic rings. The molecule has 0 saturated carbocycles. The second-order valence-electron chi connectivity index (χ2n) is 3.64. The molecule has 0 fully saturated rings. The minimum absolute atomic E-state index is 0.0681. The first kappa shape index (κ1) is 12.5. The fourth-order valence-corrected chi connectivity index (χ4v) is 2.60. The molecule has 0 radical (unpaired) electrons. The molecule has 0 aliphatic carbocycles. The second kappa shape index (κ2) is 5.13. The summed E-state index contributed by atoms with van der Waals surface area (Å²) in [5.74, 6) is 0.466. The maximum absolute atomic E-state index is 11.7. The Morgan fingerprint density at radius 3 is 2.94 bits per heavy atom. The van der Waals surface area contributed by atoms with Crippen molar-refractivity contribution in [3.8, 4) is 5.82 Å². The van der Waals surface area contributed by atoms with Crippen LogP contribution in [0.2, 0.25) is 0 Å². The zero-order chi connectivity index (χ0) is 13.0. The van der Waals surface area contributed by atoms with E-state index in [0.717, 1.165) is 0 Å². The third-order valence-electron chi connectivity index (χ3n) is 2.16. The number of anilines is 1. The van der Waals surface area contributed by atoms with Gasteiger partial charge in [0.2, 0.25) is 10.0 Å². The lowest BCUT2D eigenvalue weighted by molar-refractivity contribution is 0.599. The highest BCUT2D eigenvalue weighted by Gasteiger charge is 2.13. The molecule has 0 bridgehead atoms. The smallest absolute Gasteiger partial charge is 0.232 e. The first-order valence-electron chi connectivity index (χ1n) is 5.43. The first-order chi connectivity index (χ1) is 8.62. The van der Waals surface area contributed by atoms with Crippen LogP contribution in [0.25, 0.3) is 5.82 Å². The fourth-order valence-electron chi connectivity index (χ4n) is 1.46. The molecular formula is C10H13N5O2S. The number of nitrogens with zero attached hydrogens (tertiary/aromatic N) is 4. The summed E-state index contributed by atoms with van der Waals surface area (Å²) < 4.78 is 27.4. The maximum atomic E-state index is 11.7. The summed E-state index contributed by atoms with van der Waals surface area (Å²) in [6.07, 6.45) is 4.93. The second-order valence-corrected chi connectivity index (χ2v) is 5.48. The van der Waals surface area contributed by atoms with Crippen LogP contribution in [0.4, 0.5) is 5.69 Å². The van der Waals surface area contributed by atoms with Gasteiger partial charge in [0.25, 0.3) is 0 Å². The Hall–Kier alpha value is -1.96. The SMILES string of the molecule is CCCS(=O)(=O)Nc1cccnc1-n1cncn1. The minimum atomic E-state index is -3.35. The summed E-state index contributed by atoms with van der Waals surface area (Å²) in [5, 5.41) is 3.93. The molecule has 0 amide bonds. The van der Waals surface area contributed by atoms with Crippen LogP contribution < -0.4 is 4.72 Å². The Morgan fingerprint density at radius 2 is 2.28 bits per heavy atom. The molecule has 7 nitrogen and oxygen atoms in total. The Balaban J connectivity index is 2.35. The van der Waals surface area contributed by atoms with E-state index in [4.69, 9.17) is 0 Å². The van der Waals surface area contributed by atoms with Gasteiger partial charge in [0, 0.05) is 6.20 Å². The Labute approximate surface area is 105 Å². The van der Waals surface area contributed by atoms with Crippen molar-refractivity contribution in [2.24, 2.45) is 0 Å². The Kier molecular flexibility index (Phi) is 3.56. The summed E-state index contributed by atoms with van der Waals surface area (Å²) in [4.78, 5) is 7.91. The normalized spacial score (nSPS) is 11.4. The van der Waals surface area contributed by atoms with E-state index >= 15 is 0 Å². The van der Waals surface area contributed by atoms with E-state index in [1.807, 2.05) is 0 Å². The minimum Gasteiger partial charge on any atom is -0.280 e.